The van der Waals surface area contributed by atoms with E-state index < -0.39 is 6.04 Å². The third-order valence-electron chi connectivity index (χ3n) is 5.09. The molecular weight excluding hydrogens is 310 g/mol. The third kappa shape index (κ3) is 2.00. The summed E-state index contributed by atoms with van der Waals surface area (Å²) in [4.78, 5) is 42.4. The Balaban J connectivity index is 1.60. The summed E-state index contributed by atoms with van der Waals surface area (Å²) in [6.07, 6.45) is 2.00. The molecule has 2 atom stereocenters. The van der Waals surface area contributed by atoms with Crippen molar-refractivity contribution in [3.63, 3.8) is 0 Å². The number of nitrogens with zero attached hydrogens (tertiary/aromatic N) is 3. The lowest BCUT2D eigenvalue weighted by Gasteiger charge is -2.23. The van der Waals surface area contributed by atoms with Crippen LogP contribution >= 0.6 is 0 Å². The molecule has 0 unspecified atom stereocenters. The van der Waals surface area contributed by atoms with Gasteiger partial charge in [-0.15, -0.1) is 0 Å². The first-order valence-electron chi connectivity index (χ1n) is 8.21. The highest BCUT2D eigenvalue weighted by Crippen LogP contribution is 2.35. The van der Waals surface area contributed by atoms with Crippen LogP contribution in [-0.2, 0) is 9.59 Å². The number of benzene rings is 1. The summed E-state index contributed by atoms with van der Waals surface area (Å²) in [6.45, 7) is 1.06. The van der Waals surface area contributed by atoms with Crippen LogP contribution in [0.1, 0.15) is 19.3 Å². The number of methoxy groups -OCH3 is 1. The average Bonchev–Trinajstić information content (AvgIpc) is 3.27. The predicted molar refractivity (Wildman–Crippen MR) is 85.7 cm³/mol. The highest BCUT2D eigenvalue weighted by molar-refractivity contribution is 6.11. The van der Waals surface area contributed by atoms with E-state index in [-0.39, 0.29) is 23.9 Å². The van der Waals surface area contributed by atoms with E-state index in [4.69, 9.17) is 4.74 Å². The molecule has 3 fully saturated rings. The van der Waals surface area contributed by atoms with Crippen LogP contribution < -0.4 is 9.64 Å². The lowest BCUT2D eigenvalue weighted by atomic mass is 10.1. The quantitative estimate of drug-likeness (QED) is 0.782. The second kappa shape index (κ2) is 5.51. The molecule has 0 N–H and O–H groups in total. The zero-order chi connectivity index (χ0) is 16.8. The lowest BCUT2D eigenvalue weighted by Crippen LogP contribution is -2.46. The Morgan fingerprint density at radius 3 is 2.54 bits per heavy atom. The fraction of sp³-hybridized carbons (Fsp3) is 0.471. The Morgan fingerprint density at radius 2 is 1.79 bits per heavy atom. The molecule has 0 saturated carbocycles. The summed E-state index contributed by atoms with van der Waals surface area (Å²) in [6, 6.07) is 5.88. The number of hydrogen-bond acceptors (Lipinski definition) is 4. The second-order valence-corrected chi connectivity index (χ2v) is 6.31. The number of hydrogen-bond donors (Lipinski definition) is 0. The topological polar surface area (TPSA) is 70.2 Å². The van der Waals surface area contributed by atoms with Gasteiger partial charge in [0.05, 0.1) is 12.8 Å². The Kier molecular flexibility index (Phi) is 3.44. The molecule has 7 nitrogen and oxygen atoms in total. The van der Waals surface area contributed by atoms with Crippen LogP contribution in [-0.4, -0.2) is 59.9 Å². The van der Waals surface area contributed by atoms with Gasteiger partial charge in [-0.1, -0.05) is 12.1 Å². The number of para-hydroxylation sites is 2. The number of carbonyl (C=O) groups is 3. The van der Waals surface area contributed by atoms with Gasteiger partial charge in [-0.2, -0.15) is 0 Å². The maximum atomic E-state index is 12.9. The smallest absolute Gasteiger partial charge is 0.328 e. The minimum atomic E-state index is -0.708. The van der Waals surface area contributed by atoms with Crippen molar-refractivity contribution >= 4 is 23.5 Å². The lowest BCUT2D eigenvalue weighted by molar-refractivity contribution is -0.133. The van der Waals surface area contributed by atoms with Crippen LogP contribution in [0, 0.1) is 0 Å². The number of carbonyl (C=O) groups excluding carboxylic acids is 3. The van der Waals surface area contributed by atoms with Crippen molar-refractivity contribution in [1.82, 2.24) is 9.80 Å². The standard InChI is InChI=1S/C17H19N3O4/c1-24-14-7-3-2-5-11(14)18-10-8-13(15(18)21)20-16(22)12-6-4-9-19(12)17(20)23/h2-3,5,7,12-13H,4,6,8-10H2,1H3/t12-,13-/m1/s1. The van der Waals surface area contributed by atoms with Gasteiger partial charge in [0.1, 0.15) is 17.8 Å². The molecule has 3 saturated heterocycles. The van der Waals surface area contributed by atoms with Crippen molar-refractivity contribution in [3.05, 3.63) is 24.3 Å². The summed E-state index contributed by atoms with van der Waals surface area (Å²) in [5, 5.41) is 0. The van der Waals surface area contributed by atoms with Crippen LogP contribution in [0.4, 0.5) is 10.5 Å². The van der Waals surface area contributed by atoms with Crippen molar-refractivity contribution in [2.24, 2.45) is 0 Å². The fourth-order valence-electron chi connectivity index (χ4n) is 3.93. The first-order chi connectivity index (χ1) is 11.6. The van der Waals surface area contributed by atoms with Crippen molar-refractivity contribution in [3.8, 4) is 5.75 Å². The highest BCUT2D eigenvalue weighted by atomic mass is 16.5. The molecule has 1 aromatic rings. The number of fused-ring (bicyclic) bond motifs is 1. The molecular formula is C17H19N3O4. The average molecular weight is 329 g/mol. The predicted octanol–water partition coefficient (Wildman–Crippen LogP) is 1.23. The molecule has 0 aliphatic carbocycles. The summed E-state index contributed by atoms with van der Waals surface area (Å²) >= 11 is 0. The molecule has 0 radical (unpaired) electrons. The molecule has 3 aliphatic rings. The van der Waals surface area contributed by atoms with Crippen molar-refractivity contribution in [1.29, 1.82) is 0 Å². The van der Waals surface area contributed by atoms with Gasteiger partial charge in [-0.25, -0.2) is 9.69 Å². The molecule has 4 amide bonds. The Morgan fingerprint density at radius 1 is 1.00 bits per heavy atom. The summed E-state index contributed by atoms with van der Waals surface area (Å²) in [7, 11) is 1.55. The van der Waals surface area contributed by atoms with Gasteiger partial charge < -0.3 is 14.5 Å². The zero-order valence-corrected chi connectivity index (χ0v) is 13.5. The Bertz CT molecular complexity index is 698. The number of anilines is 1. The maximum Gasteiger partial charge on any atom is 0.328 e. The van der Waals surface area contributed by atoms with Crippen molar-refractivity contribution in [2.75, 3.05) is 25.1 Å². The van der Waals surface area contributed by atoms with E-state index >= 15 is 0 Å². The minimum absolute atomic E-state index is 0.220. The van der Waals surface area contributed by atoms with Gasteiger partial charge in [-0.3, -0.25) is 9.59 Å². The van der Waals surface area contributed by atoms with Gasteiger partial charge in [0.25, 0.3) is 11.8 Å². The number of urea groups is 1. The first-order valence-corrected chi connectivity index (χ1v) is 8.21. The fourth-order valence-corrected chi connectivity index (χ4v) is 3.93. The van der Waals surface area contributed by atoms with E-state index in [2.05, 4.69) is 0 Å². The summed E-state index contributed by atoms with van der Waals surface area (Å²) in [5.41, 5.74) is 0.673. The first kappa shape index (κ1) is 15.0. The van der Waals surface area contributed by atoms with E-state index in [0.29, 0.717) is 37.4 Å². The minimum Gasteiger partial charge on any atom is -0.495 e. The molecule has 1 aromatic carbocycles. The largest absolute Gasteiger partial charge is 0.495 e. The molecule has 0 spiro atoms. The van der Waals surface area contributed by atoms with Gasteiger partial charge in [0, 0.05) is 13.1 Å². The molecule has 3 aliphatic heterocycles. The van der Waals surface area contributed by atoms with E-state index in [0.717, 1.165) is 6.42 Å². The summed E-state index contributed by atoms with van der Waals surface area (Å²) < 4.78 is 5.32. The third-order valence-corrected chi connectivity index (χ3v) is 5.09. The van der Waals surface area contributed by atoms with Crippen LogP contribution in [0.3, 0.4) is 0 Å². The normalized spacial score (nSPS) is 26.5. The number of amides is 4. The molecule has 4 rings (SSSR count). The molecule has 3 heterocycles. The maximum absolute atomic E-state index is 12.9. The van der Waals surface area contributed by atoms with E-state index in [1.165, 1.54) is 4.90 Å². The molecule has 0 bridgehead atoms. The molecule has 126 valence electrons. The Hall–Kier alpha value is -2.57. The van der Waals surface area contributed by atoms with E-state index in [1.807, 2.05) is 18.2 Å². The van der Waals surface area contributed by atoms with Gasteiger partial charge in [0.2, 0.25) is 0 Å². The van der Waals surface area contributed by atoms with Gasteiger partial charge >= 0.3 is 6.03 Å². The summed E-state index contributed by atoms with van der Waals surface area (Å²) in [5.74, 6) is 0.159. The van der Waals surface area contributed by atoms with E-state index in [9.17, 15) is 14.4 Å². The highest BCUT2D eigenvalue weighted by Gasteiger charge is 2.53. The van der Waals surface area contributed by atoms with E-state index in [1.54, 1.807) is 23.0 Å². The monoisotopic (exact) mass is 329 g/mol. The van der Waals surface area contributed by atoms with Crippen molar-refractivity contribution < 1.29 is 19.1 Å². The van der Waals surface area contributed by atoms with Crippen LogP contribution in [0.2, 0.25) is 0 Å². The number of rotatable bonds is 3. The molecule has 24 heavy (non-hydrogen) atoms. The SMILES string of the molecule is COc1ccccc1N1CC[C@@H](N2C(=O)[C@H]3CCCN3C2=O)C1=O. The number of ether oxygens (including phenoxy) is 1. The van der Waals surface area contributed by atoms with Crippen LogP contribution in [0.15, 0.2) is 24.3 Å². The molecule has 0 aromatic heterocycles. The van der Waals surface area contributed by atoms with Gasteiger partial charge in [-0.05, 0) is 31.4 Å². The molecule has 7 heteroatoms. The number of imide groups is 1. The van der Waals surface area contributed by atoms with Crippen molar-refractivity contribution in [2.45, 2.75) is 31.3 Å². The van der Waals surface area contributed by atoms with Crippen LogP contribution in [0.25, 0.3) is 0 Å². The zero-order valence-electron chi connectivity index (χ0n) is 13.5. The second-order valence-electron chi connectivity index (χ2n) is 6.31. The van der Waals surface area contributed by atoms with Crippen LogP contribution in [0.5, 0.6) is 5.75 Å². The van der Waals surface area contributed by atoms with Gasteiger partial charge in [0.15, 0.2) is 0 Å². The Labute approximate surface area is 139 Å².